The molecule has 34 heavy (non-hydrogen) atoms. The van der Waals surface area contributed by atoms with Gasteiger partial charge in [0, 0.05) is 36.0 Å². The van der Waals surface area contributed by atoms with Gasteiger partial charge >= 0.3 is 0 Å². The Hall–Kier alpha value is -3.37. The zero-order valence-electron chi connectivity index (χ0n) is 19.0. The third kappa shape index (κ3) is 5.07. The van der Waals surface area contributed by atoms with Crippen LogP contribution in [0.2, 0.25) is 0 Å². The summed E-state index contributed by atoms with van der Waals surface area (Å²) in [6.07, 6.45) is 0.765. The lowest BCUT2D eigenvalue weighted by atomic mass is 10.1. The summed E-state index contributed by atoms with van der Waals surface area (Å²) in [5, 5.41) is 3.35. The Morgan fingerprint density at radius 2 is 1.82 bits per heavy atom. The number of carbonyl (C=O) groups excluding carboxylic acids is 1. The number of amides is 1. The molecule has 0 aliphatic rings. The van der Waals surface area contributed by atoms with Gasteiger partial charge in [0.05, 0.1) is 20.0 Å². The van der Waals surface area contributed by atoms with E-state index in [1.807, 2.05) is 37.3 Å². The third-order valence-corrected chi connectivity index (χ3v) is 6.81. The maximum Gasteiger partial charge on any atom is 0.273 e. The molecular weight excluding hydrogens is 472 g/mol. The summed E-state index contributed by atoms with van der Waals surface area (Å²) in [5.41, 5.74) is 2.57. The summed E-state index contributed by atoms with van der Waals surface area (Å²) in [7, 11) is 3.10. The molecule has 2 aromatic carbocycles. The van der Waals surface area contributed by atoms with Crippen molar-refractivity contribution in [3.63, 3.8) is 0 Å². The first-order chi connectivity index (χ1) is 16.5. The molecule has 10 heteroatoms. The highest BCUT2D eigenvalue weighted by atomic mass is 32.2. The molecule has 4 aromatic rings. The summed E-state index contributed by atoms with van der Waals surface area (Å²) in [4.78, 5) is 30.7. The predicted molar refractivity (Wildman–Crippen MR) is 136 cm³/mol. The number of hydrogen-bond donors (Lipinski definition) is 1. The van der Waals surface area contributed by atoms with Crippen LogP contribution in [0.5, 0.6) is 11.5 Å². The van der Waals surface area contributed by atoms with Crippen LogP contribution in [0.15, 0.2) is 58.5 Å². The number of methoxy groups -OCH3 is 2. The van der Waals surface area contributed by atoms with Gasteiger partial charge in [0.25, 0.3) is 5.56 Å². The number of ether oxygens (including phenoxy) is 2. The lowest BCUT2D eigenvalue weighted by Gasteiger charge is -2.12. The average Bonchev–Trinajstić information content (AvgIpc) is 3.29. The van der Waals surface area contributed by atoms with E-state index >= 15 is 0 Å². The molecule has 0 saturated carbocycles. The number of rotatable bonds is 9. The first-order valence-electron chi connectivity index (χ1n) is 10.7. The van der Waals surface area contributed by atoms with Crippen molar-refractivity contribution in [3.8, 4) is 22.8 Å². The summed E-state index contributed by atoms with van der Waals surface area (Å²) in [6, 6.07) is 14.8. The van der Waals surface area contributed by atoms with E-state index < -0.39 is 0 Å². The number of thioether (sulfide) groups is 1. The van der Waals surface area contributed by atoms with Gasteiger partial charge in [0.1, 0.15) is 27.4 Å². The molecule has 0 fully saturated rings. The van der Waals surface area contributed by atoms with Gasteiger partial charge in [-0.1, -0.05) is 49.0 Å². The third-order valence-electron chi connectivity index (χ3n) is 5.01. The molecule has 176 valence electrons. The molecule has 4 rings (SSSR count). The summed E-state index contributed by atoms with van der Waals surface area (Å²) < 4.78 is 17.2. The number of anilines is 1. The van der Waals surface area contributed by atoms with E-state index in [-0.39, 0.29) is 17.2 Å². The van der Waals surface area contributed by atoms with Crippen LogP contribution in [0.4, 0.5) is 5.69 Å². The van der Waals surface area contributed by atoms with Gasteiger partial charge in [0.15, 0.2) is 5.16 Å². The highest BCUT2D eigenvalue weighted by Crippen LogP contribution is 2.30. The molecule has 0 aliphatic heterocycles. The second-order valence-corrected chi connectivity index (χ2v) is 9.08. The van der Waals surface area contributed by atoms with Gasteiger partial charge in [-0.2, -0.15) is 4.37 Å². The van der Waals surface area contributed by atoms with Gasteiger partial charge in [-0.25, -0.2) is 4.98 Å². The maximum atomic E-state index is 13.2. The highest BCUT2D eigenvalue weighted by Gasteiger charge is 2.19. The molecule has 1 N–H and O–H groups in total. The zero-order valence-corrected chi connectivity index (χ0v) is 20.7. The number of aromatic nitrogens is 3. The van der Waals surface area contributed by atoms with E-state index in [1.165, 1.54) is 11.8 Å². The molecule has 2 heterocycles. The number of nitrogens with zero attached hydrogens (tertiary/aromatic N) is 3. The second kappa shape index (κ2) is 10.7. The maximum absolute atomic E-state index is 13.2. The van der Waals surface area contributed by atoms with Gasteiger partial charge < -0.3 is 14.8 Å². The zero-order chi connectivity index (χ0) is 24.1. The molecule has 2 aromatic heterocycles. The number of benzene rings is 2. The van der Waals surface area contributed by atoms with Crippen LogP contribution in [0.1, 0.15) is 13.3 Å². The molecule has 8 nitrogen and oxygen atoms in total. The number of carbonyl (C=O) groups is 1. The average molecular weight is 497 g/mol. The molecule has 0 saturated heterocycles. The summed E-state index contributed by atoms with van der Waals surface area (Å²) in [5.74, 6) is 0.998. The topological polar surface area (TPSA) is 95.3 Å². The van der Waals surface area contributed by atoms with Crippen molar-refractivity contribution in [2.45, 2.75) is 25.0 Å². The number of fused-ring (bicyclic) bond motifs is 1. The highest BCUT2D eigenvalue weighted by molar-refractivity contribution is 7.99. The van der Waals surface area contributed by atoms with E-state index in [4.69, 9.17) is 14.5 Å². The lowest BCUT2D eigenvalue weighted by molar-refractivity contribution is -0.113. The van der Waals surface area contributed by atoms with Crippen LogP contribution in [0.25, 0.3) is 21.5 Å². The minimum absolute atomic E-state index is 0.0828. The Morgan fingerprint density at radius 3 is 2.47 bits per heavy atom. The Bertz CT molecular complexity index is 1350. The van der Waals surface area contributed by atoms with Crippen LogP contribution < -0.4 is 20.3 Å². The van der Waals surface area contributed by atoms with Crippen molar-refractivity contribution in [1.82, 2.24) is 13.9 Å². The van der Waals surface area contributed by atoms with Crippen LogP contribution >= 0.6 is 23.3 Å². The first kappa shape index (κ1) is 23.8. The van der Waals surface area contributed by atoms with E-state index in [0.717, 1.165) is 23.5 Å². The van der Waals surface area contributed by atoms with Gasteiger partial charge in [0.2, 0.25) is 5.91 Å². The fourth-order valence-corrected chi connectivity index (χ4v) is 5.03. The Balaban J connectivity index is 1.61. The van der Waals surface area contributed by atoms with Crippen LogP contribution in [-0.2, 0) is 11.3 Å². The molecule has 0 unspecified atom stereocenters. The van der Waals surface area contributed by atoms with Crippen molar-refractivity contribution in [2.24, 2.45) is 0 Å². The van der Waals surface area contributed by atoms with Crippen LogP contribution in [0.3, 0.4) is 0 Å². The smallest absolute Gasteiger partial charge is 0.273 e. The molecule has 1 amide bonds. The minimum Gasteiger partial charge on any atom is -0.497 e. The summed E-state index contributed by atoms with van der Waals surface area (Å²) >= 11 is 2.38. The van der Waals surface area contributed by atoms with Crippen molar-refractivity contribution >= 4 is 45.1 Å². The monoisotopic (exact) mass is 496 g/mol. The number of hydrogen-bond acceptors (Lipinski definition) is 8. The standard InChI is InChI=1S/C24H24N4O4S2/c1-4-10-28-23(30)22-21(20(27-34-22)15-8-6-5-7-9-15)26-24(28)33-14-19(29)25-16-11-17(31-2)13-18(12-16)32-3/h5-9,11-13H,4,10,14H2,1-3H3,(H,25,29). The quantitative estimate of drug-likeness (QED) is 0.266. The molecule has 0 atom stereocenters. The largest absolute Gasteiger partial charge is 0.497 e. The van der Waals surface area contributed by atoms with Gasteiger partial charge in [-0.05, 0) is 18.0 Å². The van der Waals surface area contributed by atoms with Crippen LogP contribution in [-0.4, -0.2) is 39.8 Å². The number of nitrogens with one attached hydrogen (secondary N) is 1. The van der Waals surface area contributed by atoms with Gasteiger partial charge in [-0.3, -0.25) is 14.2 Å². The normalized spacial score (nSPS) is 10.9. The van der Waals surface area contributed by atoms with E-state index in [0.29, 0.717) is 44.8 Å². The van der Waals surface area contributed by atoms with Crippen molar-refractivity contribution in [2.75, 3.05) is 25.3 Å². The van der Waals surface area contributed by atoms with Crippen molar-refractivity contribution < 1.29 is 14.3 Å². The SMILES string of the molecule is CCCn1c(SCC(=O)Nc2cc(OC)cc(OC)c2)nc2c(-c3ccccc3)nsc2c1=O. The first-order valence-corrected chi connectivity index (χ1v) is 12.4. The fourth-order valence-electron chi connectivity index (χ4n) is 3.42. The van der Waals surface area contributed by atoms with E-state index in [2.05, 4.69) is 9.69 Å². The lowest BCUT2D eigenvalue weighted by Crippen LogP contribution is -2.23. The molecule has 0 spiro atoms. The van der Waals surface area contributed by atoms with Gasteiger partial charge in [-0.15, -0.1) is 0 Å². The Morgan fingerprint density at radius 1 is 1.12 bits per heavy atom. The van der Waals surface area contributed by atoms with E-state index in [1.54, 1.807) is 37.0 Å². The second-order valence-electron chi connectivity index (χ2n) is 7.36. The molecular formula is C24H24N4O4S2. The fraction of sp³-hybridized carbons (Fsp3) is 0.250. The van der Waals surface area contributed by atoms with E-state index in [9.17, 15) is 9.59 Å². The van der Waals surface area contributed by atoms with Crippen LogP contribution in [0, 0.1) is 0 Å². The van der Waals surface area contributed by atoms with Crippen molar-refractivity contribution in [3.05, 3.63) is 58.9 Å². The van der Waals surface area contributed by atoms with Crippen molar-refractivity contribution in [1.29, 1.82) is 0 Å². The minimum atomic E-state index is -0.232. The molecule has 0 aliphatic carbocycles. The summed E-state index contributed by atoms with van der Waals surface area (Å²) in [6.45, 7) is 2.51. The Labute approximate surface area is 205 Å². The molecule has 0 bridgehead atoms. The molecule has 0 radical (unpaired) electrons. The Kier molecular flexibility index (Phi) is 7.49. The predicted octanol–water partition coefficient (Wildman–Crippen LogP) is 4.68.